The van der Waals surface area contributed by atoms with Crippen LogP contribution in [0.5, 0.6) is 0 Å². The topological polar surface area (TPSA) is 83.8 Å². The van der Waals surface area contributed by atoms with E-state index < -0.39 is 4.92 Å². The molecule has 0 aromatic carbocycles. The van der Waals surface area contributed by atoms with E-state index in [4.69, 9.17) is 0 Å². The van der Waals surface area contributed by atoms with E-state index >= 15 is 0 Å². The van der Waals surface area contributed by atoms with Crippen LogP contribution in [-0.2, 0) is 0 Å². The van der Waals surface area contributed by atoms with Crippen molar-refractivity contribution in [2.75, 3.05) is 12.4 Å². The van der Waals surface area contributed by atoms with Crippen LogP contribution in [-0.4, -0.2) is 22.2 Å². The predicted molar refractivity (Wildman–Crippen MR) is 34.8 cm³/mol. The summed E-state index contributed by atoms with van der Waals surface area (Å²) in [5.41, 5.74) is 0.394. The lowest BCUT2D eigenvalue weighted by Crippen LogP contribution is -1.93. The van der Waals surface area contributed by atoms with Crippen LogP contribution < -0.4 is 5.32 Å². The fourth-order valence-corrected chi connectivity index (χ4v) is 0.601. The van der Waals surface area contributed by atoms with Gasteiger partial charge in [-0.25, -0.2) is 0 Å². The molecule has 0 aliphatic rings. The van der Waals surface area contributed by atoms with Crippen molar-refractivity contribution in [1.82, 2.24) is 10.2 Å². The predicted octanol–water partition coefficient (Wildman–Crippen LogP) is 0.360. The van der Waals surface area contributed by atoms with E-state index in [0.717, 1.165) is 0 Å². The molecule has 0 atom stereocenters. The molecule has 0 aliphatic heterocycles. The highest BCUT2D eigenvalue weighted by Gasteiger charge is 2.11. The van der Waals surface area contributed by atoms with Gasteiger partial charge in [0.05, 0.1) is 0 Å². The minimum atomic E-state index is -0.529. The Bertz CT molecular complexity index is 243. The average molecular weight is 142 g/mol. The van der Waals surface area contributed by atoms with E-state index in [1.807, 2.05) is 0 Å². The molecular weight excluding hydrogens is 136 g/mol. The lowest BCUT2D eigenvalue weighted by Gasteiger charge is -1.92. The molecule has 1 aromatic heterocycles. The van der Waals surface area contributed by atoms with Gasteiger partial charge < -0.3 is 15.4 Å². The fourth-order valence-electron chi connectivity index (χ4n) is 0.601. The lowest BCUT2D eigenvalue weighted by atomic mass is 10.5. The first-order valence-electron chi connectivity index (χ1n) is 2.61. The molecule has 6 heteroatoms. The Hall–Kier alpha value is -1.59. The number of H-pyrrole nitrogens is 1. The van der Waals surface area contributed by atoms with Crippen molar-refractivity contribution in [3.8, 4) is 0 Å². The minimum absolute atomic E-state index is 0.109. The molecule has 1 heterocycles. The molecule has 2 N–H and O–H groups in total. The number of nitro groups is 1. The molecule has 0 saturated carbocycles. The van der Waals surface area contributed by atoms with E-state index in [1.54, 1.807) is 7.05 Å². The number of nitrogens with one attached hydrogen (secondary N) is 2. The molecule has 0 aliphatic carbocycles. The quantitative estimate of drug-likeness (QED) is 0.461. The van der Waals surface area contributed by atoms with Gasteiger partial charge in [0.15, 0.2) is 5.69 Å². The number of aromatic amines is 1. The first-order valence-corrected chi connectivity index (χ1v) is 2.61. The van der Waals surface area contributed by atoms with Gasteiger partial charge >= 0.3 is 5.82 Å². The molecule has 0 radical (unpaired) electrons. The highest BCUT2D eigenvalue weighted by molar-refractivity contribution is 5.54. The molecule has 10 heavy (non-hydrogen) atoms. The van der Waals surface area contributed by atoms with Crippen molar-refractivity contribution in [3.05, 3.63) is 16.3 Å². The van der Waals surface area contributed by atoms with Crippen LogP contribution in [0.3, 0.4) is 0 Å². The maximum atomic E-state index is 10.1. The van der Waals surface area contributed by atoms with Gasteiger partial charge in [-0.05, 0) is 4.92 Å². The van der Waals surface area contributed by atoms with Crippen LogP contribution in [0.1, 0.15) is 0 Å². The van der Waals surface area contributed by atoms with E-state index in [1.165, 1.54) is 6.20 Å². The van der Waals surface area contributed by atoms with Crippen molar-refractivity contribution in [2.24, 2.45) is 0 Å². The number of hydrogen-bond acceptors (Lipinski definition) is 4. The van der Waals surface area contributed by atoms with Crippen LogP contribution >= 0.6 is 0 Å². The molecule has 0 spiro atoms. The summed E-state index contributed by atoms with van der Waals surface area (Å²) in [6, 6.07) is 0. The maximum absolute atomic E-state index is 10.1. The van der Waals surface area contributed by atoms with Crippen molar-refractivity contribution >= 4 is 11.5 Å². The second kappa shape index (κ2) is 2.34. The van der Waals surface area contributed by atoms with E-state index in [2.05, 4.69) is 15.5 Å². The van der Waals surface area contributed by atoms with Gasteiger partial charge in [-0.3, -0.25) is 0 Å². The summed E-state index contributed by atoms with van der Waals surface area (Å²) >= 11 is 0. The largest absolute Gasteiger partial charge is 0.380 e. The Morgan fingerprint density at radius 1 is 1.90 bits per heavy atom. The maximum Gasteiger partial charge on any atom is 0.366 e. The van der Waals surface area contributed by atoms with Crippen LogP contribution in [0.15, 0.2) is 6.20 Å². The molecule has 1 aromatic rings. The van der Waals surface area contributed by atoms with E-state index in [0.29, 0.717) is 5.69 Å². The average Bonchev–Trinajstić information content (AvgIpc) is 2.33. The van der Waals surface area contributed by atoms with Crippen LogP contribution in [0.4, 0.5) is 11.5 Å². The summed E-state index contributed by atoms with van der Waals surface area (Å²) in [6.07, 6.45) is 1.36. The Morgan fingerprint density at radius 2 is 2.60 bits per heavy atom. The fraction of sp³-hybridized carbons (Fsp3) is 0.250. The summed E-state index contributed by atoms with van der Waals surface area (Å²) in [7, 11) is 1.60. The third-order valence-electron chi connectivity index (χ3n) is 1.07. The molecule has 6 nitrogen and oxygen atoms in total. The van der Waals surface area contributed by atoms with Gasteiger partial charge in [0, 0.05) is 7.05 Å². The lowest BCUT2D eigenvalue weighted by molar-refractivity contribution is -0.388. The van der Waals surface area contributed by atoms with Crippen LogP contribution in [0.2, 0.25) is 0 Å². The van der Waals surface area contributed by atoms with Gasteiger partial charge in [0.2, 0.25) is 0 Å². The van der Waals surface area contributed by atoms with Gasteiger partial charge in [-0.2, -0.15) is 0 Å². The van der Waals surface area contributed by atoms with Crippen LogP contribution in [0.25, 0.3) is 0 Å². The number of rotatable bonds is 2. The SMILES string of the molecule is CNc1cn[nH]c1[N+](=O)[O-]. The first-order chi connectivity index (χ1) is 4.75. The van der Waals surface area contributed by atoms with Crippen LogP contribution in [0, 0.1) is 10.1 Å². The molecule has 1 rings (SSSR count). The number of anilines is 1. The third-order valence-corrected chi connectivity index (χ3v) is 1.07. The highest BCUT2D eigenvalue weighted by atomic mass is 16.6. The number of nitrogens with zero attached hydrogens (tertiary/aromatic N) is 2. The second-order valence-corrected chi connectivity index (χ2v) is 1.64. The third kappa shape index (κ3) is 0.903. The number of aromatic nitrogens is 2. The van der Waals surface area contributed by atoms with Crippen molar-refractivity contribution < 1.29 is 4.92 Å². The van der Waals surface area contributed by atoms with E-state index in [9.17, 15) is 10.1 Å². The molecule has 0 fully saturated rings. The molecule has 54 valence electrons. The monoisotopic (exact) mass is 142 g/mol. The number of hydrogen-bond donors (Lipinski definition) is 2. The van der Waals surface area contributed by atoms with Gasteiger partial charge in [0.1, 0.15) is 6.20 Å². The summed E-state index contributed by atoms with van der Waals surface area (Å²) in [6.45, 7) is 0. The Labute approximate surface area is 56.4 Å². The normalized spacial score (nSPS) is 9.30. The Kier molecular flexibility index (Phi) is 1.53. The zero-order valence-electron chi connectivity index (χ0n) is 5.29. The van der Waals surface area contributed by atoms with Gasteiger partial charge in [-0.1, -0.05) is 5.10 Å². The molecule has 0 bridgehead atoms. The Balaban J connectivity index is 3.01. The molecule has 0 unspecified atom stereocenters. The smallest absolute Gasteiger partial charge is 0.366 e. The highest BCUT2D eigenvalue weighted by Crippen LogP contribution is 2.17. The van der Waals surface area contributed by atoms with Crippen molar-refractivity contribution in [1.29, 1.82) is 0 Å². The standard InChI is InChI=1S/C4H6N4O2/c1-5-3-2-6-7-4(3)8(9)10/h2,5H,1H3,(H,6,7). The summed E-state index contributed by atoms with van der Waals surface area (Å²) in [5, 5.41) is 18.5. The summed E-state index contributed by atoms with van der Waals surface area (Å²) < 4.78 is 0. The second-order valence-electron chi connectivity index (χ2n) is 1.64. The molecular formula is C4H6N4O2. The van der Waals surface area contributed by atoms with Gasteiger partial charge in [-0.15, -0.1) is 5.10 Å². The Morgan fingerprint density at radius 3 is 3.00 bits per heavy atom. The van der Waals surface area contributed by atoms with Gasteiger partial charge in [0.25, 0.3) is 0 Å². The first kappa shape index (κ1) is 6.53. The minimum Gasteiger partial charge on any atom is -0.380 e. The van der Waals surface area contributed by atoms with Crippen molar-refractivity contribution in [2.45, 2.75) is 0 Å². The molecule has 0 saturated heterocycles. The van der Waals surface area contributed by atoms with Crippen molar-refractivity contribution in [3.63, 3.8) is 0 Å². The molecule has 0 amide bonds. The zero-order valence-corrected chi connectivity index (χ0v) is 5.29. The summed E-state index contributed by atoms with van der Waals surface area (Å²) in [5.74, 6) is -0.109. The summed E-state index contributed by atoms with van der Waals surface area (Å²) in [4.78, 5) is 9.61. The zero-order chi connectivity index (χ0) is 7.56. The van der Waals surface area contributed by atoms with E-state index in [-0.39, 0.29) is 5.82 Å².